The van der Waals surface area contributed by atoms with E-state index in [0.717, 1.165) is 3.92 Å². The summed E-state index contributed by atoms with van der Waals surface area (Å²) in [4.78, 5) is 0. The molecule has 0 unspecified atom stereocenters. The maximum Gasteiger partial charge on any atom is 0.00844 e. The lowest BCUT2D eigenvalue weighted by Gasteiger charge is -2.01. The van der Waals surface area contributed by atoms with Crippen LogP contribution in [0.5, 0.6) is 0 Å². The van der Waals surface area contributed by atoms with Gasteiger partial charge < -0.3 is 0 Å². The van der Waals surface area contributed by atoms with Gasteiger partial charge in [0.15, 0.2) is 0 Å². The van der Waals surface area contributed by atoms with E-state index in [9.17, 15) is 0 Å². The third-order valence-electron chi connectivity index (χ3n) is 1.67. The molecule has 1 aromatic rings. The fourth-order valence-electron chi connectivity index (χ4n) is 1.01. The van der Waals surface area contributed by atoms with Gasteiger partial charge in [0.05, 0.1) is 0 Å². The summed E-state index contributed by atoms with van der Waals surface area (Å²) in [7, 11) is 0. The Morgan fingerprint density at radius 1 is 1.27 bits per heavy atom. The van der Waals surface area contributed by atoms with E-state index in [-0.39, 0.29) is 0 Å². The maximum atomic E-state index is 2.47. The van der Waals surface area contributed by atoms with E-state index in [4.69, 9.17) is 0 Å². The smallest absolute Gasteiger partial charge is 0.00844 e. The van der Waals surface area contributed by atoms with Gasteiger partial charge >= 0.3 is 0 Å². The van der Waals surface area contributed by atoms with E-state index >= 15 is 0 Å². The first kappa shape index (κ1) is 9.04. The molecule has 0 saturated heterocycles. The van der Waals surface area contributed by atoms with Crippen molar-refractivity contribution in [3.63, 3.8) is 0 Å². The molecule has 1 aromatic carbocycles. The summed E-state index contributed by atoms with van der Waals surface area (Å²) in [6.45, 7) is 2.25. The number of alkyl halides is 1. The molecule has 0 aliphatic rings. The minimum absolute atomic E-state index is 0.785. The van der Waals surface area contributed by atoms with Crippen molar-refractivity contribution in [1.29, 1.82) is 0 Å². The number of rotatable bonds is 3. The Hall–Kier alpha value is -0.0500. The van der Waals surface area contributed by atoms with Crippen LogP contribution >= 0.6 is 22.6 Å². The van der Waals surface area contributed by atoms with Crippen LogP contribution in [0, 0.1) is 0 Å². The Labute approximate surface area is 82.2 Å². The summed E-state index contributed by atoms with van der Waals surface area (Å²) >= 11 is 2.47. The maximum absolute atomic E-state index is 2.47. The van der Waals surface area contributed by atoms with Gasteiger partial charge in [0.1, 0.15) is 0 Å². The number of aryl methyl sites for hydroxylation is 1. The predicted octanol–water partition coefficient (Wildman–Crippen LogP) is 3.44. The van der Waals surface area contributed by atoms with Crippen LogP contribution in [0.15, 0.2) is 30.3 Å². The van der Waals surface area contributed by atoms with Gasteiger partial charge in [-0.3, -0.25) is 0 Å². The highest BCUT2D eigenvalue weighted by Gasteiger charge is 1.95. The standard InChI is InChI=1S/C10H13I/c1-9(11)7-8-10-5-3-2-4-6-10/h2-6,9H,7-8H2,1H3/t9-/m1/s1. The molecule has 0 heterocycles. The Morgan fingerprint density at radius 2 is 1.91 bits per heavy atom. The minimum atomic E-state index is 0.785. The summed E-state index contributed by atoms with van der Waals surface area (Å²) in [5.74, 6) is 0. The van der Waals surface area contributed by atoms with Crippen LogP contribution in [-0.4, -0.2) is 3.92 Å². The van der Waals surface area contributed by atoms with Crippen LogP contribution in [0.3, 0.4) is 0 Å². The second kappa shape index (κ2) is 4.75. The van der Waals surface area contributed by atoms with Crippen molar-refractivity contribution in [3.05, 3.63) is 35.9 Å². The van der Waals surface area contributed by atoms with E-state index < -0.39 is 0 Å². The van der Waals surface area contributed by atoms with Crippen molar-refractivity contribution in [2.45, 2.75) is 23.7 Å². The molecule has 1 heteroatoms. The monoisotopic (exact) mass is 260 g/mol. The van der Waals surface area contributed by atoms with Crippen LogP contribution < -0.4 is 0 Å². The number of hydrogen-bond acceptors (Lipinski definition) is 0. The van der Waals surface area contributed by atoms with E-state index in [1.54, 1.807) is 0 Å². The second-order valence-corrected chi connectivity index (χ2v) is 4.93. The average molecular weight is 260 g/mol. The summed E-state index contributed by atoms with van der Waals surface area (Å²) in [5.41, 5.74) is 1.45. The fourth-order valence-corrected chi connectivity index (χ4v) is 1.32. The van der Waals surface area contributed by atoms with Crippen LogP contribution in [0.1, 0.15) is 18.9 Å². The summed E-state index contributed by atoms with van der Waals surface area (Å²) in [6, 6.07) is 10.7. The minimum Gasteiger partial charge on any atom is -0.0829 e. The quantitative estimate of drug-likeness (QED) is 0.577. The largest absolute Gasteiger partial charge is 0.0829 e. The van der Waals surface area contributed by atoms with E-state index in [2.05, 4.69) is 59.8 Å². The molecule has 60 valence electrons. The van der Waals surface area contributed by atoms with Gasteiger partial charge in [-0.25, -0.2) is 0 Å². The first-order chi connectivity index (χ1) is 5.29. The Balaban J connectivity index is 2.39. The zero-order valence-electron chi connectivity index (χ0n) is 6.76. The van der Waals surface area contributed by atoms with Gasteiger partial charge in [-0.15, -0.1) is 0 Å². The Morgan fingerprint density at radius 3 is 2.45 bits per heavy atom. The molecule has 0 radical (unpaired) electrons. The van der Waals surface area contributed by atoms with Gasteiger partial charge in [-0.1, -0.05) is 59.8 Å². The van der Waals surface area contributed by atoms with Gasteiger partial charge in [0, 0.05) is 3.92 Å². The van der Waals surface area contributed by atoms with Crippen molar-refractivity contribution >= 4 is 22.6 Å². The molecule has 0 aliphatic carbocycles. The number of halogens is 1. The molecule has 1 atom stereocenters. The lowest BCUT2D eigenvalue weighted by molar-refractivity contribution is 0.833. The number of benzene rings is 1. The van der Waals surface area contributed by atoms with Crippen molar-refractivity contribution in [3.8, 4) is 0 Å². The van der Waals surface area contributed by atoms with Gasteiger partial charge in [-0.05, 0) is 18.4 Å². The van der Waals surface area contributed by atoms with E-state index in [1.165, 1.54) is 18.4 Å². The van der Waals surface area contributed by atoms with Gasteiger partial charge in [-0.2, -0.15) is 0 Å². The molecule has 0 saturated carbocycles. The zero-order chi connectivity index (χ0) is 8.10. The molecule has 0 spiro atoms. The van der Waals surface area contributed by atoms with Crippen LogP contribution in [0.25, 0.3) is 0 Å². The lowest BCUT2D eigenvalue weighted by Crippen LogP contribution is -1.92. The number of hydrogen-bond donors (Lipinski definition) is 0. The summed E-state index contributed by atoms with van der Waals surface area (Å²) in [6.07, 6.45) is 2.50. The lowest BCUT2D eigenvalue weighted by atomic mass is 10.1. The SMILES string of the molecule is C[C@@H](I)CCc1ccccc1. The molecule has 0 nitrogen and oxygen atoms in total. The fraction of sp³-hybridized carbons (Fsp3) is 0.400. The molecule has 11 heavy (non-hydrogen) atoms. The highest BCUT2D eigenvalue weighted by atomic mass is 127. The zero-order valence-corrected chi connectivity index (χ0v) is 8.91. The predicted molar refractivity (Wildman–Crippen MR) is 58.2 cm³/mol. The van der Waals surface area contributed by atoms with E-state index in [1.807, 2.05) is 0 Å². The first-order valence-electron chi connectivity index (χ1n) is 3.97. The topological polar surface area (TPSA) is 0 Å². The molecule has 0 fully saturated rings. The van der Waals surface area contributed by atoms with Crippen LogP contribution in [0.4, 0.5) is 0 Å². The van der Waals surface area contributed by atoms with Gasteiger partial charge in [0.25, 0.3) is 0 Å². The normalized spacial score (nSPS) is 12.9. The van der Waals surface area contributed by atoms with Crippen molar-refractivity contribution in [2.75, 3.05) is 0 Å². The molecular weight excluding hydrogens is 247 g/mol. The molecule has 0 aromatic heterocycles. The summed E-state index contributed by atoms with van der Waals surface area (Å²) in [5, 5.41) is 0. The van der Waals surface area contributed by atoms with Crippen molar-refractivity contribution < 1.29 is 0 Å². The van der Waals surface area contributed by atoms with Crippen molar-refractivity contribution in [2.24, 2.45) is 0 Å². The highest BCUT2D eigenvalue weighted by Crippen LogP contribution is 2.09. The first-order valence-corrected chi connectivity index (χ1v) is 5.21. The summed E-state index contributed by atoms with van der Waals surface area (Å²) < 4.78 is 0.785. The average Bonchev–Trinajstić information content (AvgIpc) is 2.03. The highest BCUT2D eigenvalue weighted by molar-refractivity contribution is 14.1. The third-order valence-corrected chi connectivity index (χ3v) is 2.30. The molecular formula is C10H13I. The molecule has 0 amide bonds. The second-order valence-electron chi connectivity index (χ2n) is 2.81. The van der Waals surface area contributed by atoms with Crippen molar-refractivity contribution in [1.82, 2.24) is 0 Å². The van der Waals surface area contributed by atoms with Crippen LogP contribution in [-0.2, 0) is 6.42 Å². The Bertz CT molecular complexity index is 191. The van der Waals surface area contributed by atoms with E-state index in [0.29, 0.717) is 0 Å². The molecule has 0 aliphatic heterocycles. The molecule has 0 N–H and O–H groups in total. The van der Waals surface area contributed by atoms with Crippen LogP contribution in [0.2, 0.25) is 0 Å². The molecule has 0 bridgehead atoms. The third kappa shape index (κ3) is 3.75. The molecule has 1 rings (SSSR count). The Kier molecular flexibility index (Phi) is 3.91. The van der Waals surface area contributed by atoms with Gasteiger partial charge in [0.2, 0.25) is 0 Å².